The first-order valence-electron chi connectivity index (χ1n) is 8.76. The molecule has 2 heterocycles. The van der Waals surface area contributed by atoms with E-state index in [0.717, 1.165) is 22.6 Å². The van der Waals surface area contributed by atoms with Crippen LogP contribution in [-0.2, 0) is 14.3 Å². The van der Waals surface area contributed by atoms with E-state index in [1.54, 1.807) is 4.90 Å². The molecule has 0 saturated carbocycles. The fourth-order valence-corrected chi connectivity index (χ4v) is 3.26. The lowest BCUT2D eigenvalue weighted by Crippen LogP contribution is -2.42. The smallest absolute Gasteiger partial charge is 0.340 e. The number of para-hydroxylation sites is 1. The molecule has 6 nitrogen and oxygen atoms in total. The van der Waals surface area contributed by atoms with Crippen LogP contribution in [0.4, 0.5) is 0 Å². The lowest BCUT2D eigenvalue weighted by atomic mass is 10.2. The van der Waals surface area contributed by atoms with Crippen LogP contribution in [-0.4, -0.2) is 54.3 Å². The van der Waals surface area contributed by atoms with Gasteiger partial charge in [-0.15, -0.1) is 0 Å². The number of benzene rings is 1. The lowest BCUT2D eigenvalue weighted by Gasteiger charge is -2.26. The fraction of sp³-hybridized carbons (Fsp3) is 0.400. The Morgan fingerprint density at radius 1 is 1.12 bits per heavy atom. The minimum Gasteiger partial charge on any atom is -0.452 e. The van der Waals surface area contributed by atoms with Gasteiger partial charge in [0.2, 0.25) is 0 Å². The molecule has 6 heteroatoms. The Morgan fingerprint density at radius 3 is 2.50 bits per heavy atom. The van der Waals surface area contributed by atoms with Gasteiger partial charge in [0.15, 0.2) is 6.61 Å². The van der Waals surface area contributed by atoms with Gasteiger partial charge in [-0.05, 0) is 38.5 Å². The van der Waals surface area contributed by atoms with Gasteiger partial charge in [-0.25, -0.2) is 4.79 Å². The molecule has 1 aromatic heterocycles. The number of amides is 1. The Kier molecular flexibility index (Phi) is 5.42. The molecule has 0 bridgehead atoms. The first kappa shape index (κ1) is 18.2. The molecule has 1 aliphatic heterocycles. The monoisotopic (exact) mass is 356 g/mol. The number of aryl methyl sites for hydroxylation is 2. The summed E-state index contributed by atoms with van der Waals surface area (Å²) in [6.45, 7) is 7.76. The van der Waals surface area contributed by atoms with E-state index in [4.69, 9.17) is 9.47 Å². The molecule has 1 saturated heterocycles. The maximum atomic E-state index is 12.5. The molecule has 138 valence electrons. The number of hydrogen-bond acceptors (Lipinski definition) is 4. The molecule has 0 unspecified atom stereocenters. The largest absolute Gasteiger partial charge is 0.452 e. The van der Waals surface area contributed by atoms with Gasteiger partial charge in [0.1, 0.15) is 0 Å². The molecule has 26 heavy (non-hydrogen) atoms. The molecule has 1 aromatic carbocycles. The van der Waals surface area contributed by atoms with Gasteiger partial charge in [-0.3, -0.25) is 4.79 Å². The van der Waals surface area contributed by atoms with Crippen molar-refractivity contribution >= 4 is 11.9 Å². The van der Waals surface area contributed by atoms with E-state index in [1.165, 1.54) is 0 Å². The van der Waals surface area contributed by atoms with Crippen molar-refractivity contribution in [3.8, 4) is 5.69 Å². The zero-order chi connectivity index (χ0) is 18.7. The number of morpholine rings is 1. The van der Waals surface area contributed by atoms with Gasteiger partial charge in [0, 0.05) is 30.2 Å². The van der Waals surface area contributed by atoms with Gasteiger partial charge in [0.05, 0.1) is 18.8 Å². The average molecular weight is 356 g/mol. The minimum atomic E-state index is -0.473. The van der Waals surface area contributed by atoms with Crippen molar-refractivity contribution in [2.24, 2.45) is 0 Å². The summed E-state index contributed by atoms with van der Waals surface area (Å²) in [5, 5.41) is 0. The molecule has 0 spiro atoms. The summed E-state index contributed by atoms with van der Waals surface area (Å²) in [7, 11) is 0. The van der Waals surface area contributed by atoms with E-state index in [1.807, 2.05) is 55.7 Å². The highest BCUT2D eigenvalue weighted by molar-refractivity contribution is 5.93. The van der Waals surface area contributed by atoms with Crippen molar-refractivity contribution in [1.29, 1.82) is 0 Å². The van der Waals surface area contributed by atoms with Crippen molar-refractivity contribution in [3.05, 3.63) is 52.8 Å². The Labute approximate surface area is 153 Å². The van der Waals surface area contributed by atoms with Crippen LogP contribution in [0.15, 0.2) is 30.3 Å². The second-order valence-electron chi connectivity index (χ2n) is 6.48. The first-order chi connectivity index (χ1) is 12.5. The zero-order valence-electron chi connectivity index (χ0n) is 15.4. The summed E-state index contributed by atoms with van der Waals surface area (Å²) in [4.78, 5) is 26.3. The molecular formula is C20H24N2O4. The van der Waals surface area contributed by atoms with Crippen LogP contribution in [0.5, 0.6) is 0 Å². The second-order valence-corrected chi connectivity index (χ2v) is 6.48. The van der Waals surface area contributed by atoms with Crippen molar-refractivity contribution in [3.63, 3.8) is 0 Å². The molecule has 0 atom stereocenters. The van der Waals surface area contributed by atoms with Crippen LogP contribution in [0, 0.1) is 20.8 Å². The van der Waals surface area contributed by atoms with Crippen LogP contribution in [0.2, 0.25) is 0 Å². The molecule has 1 fully saturated rings. The molecular weight excluding hydrogens is 332 g/mol. The molecule has 0 N–H and O–H groups in total. The Hall–Kier alpha value is -2.60. The van der Waals surface area contributed by atoms with E-state index in [-0.39, 0.29) is 12.5 Å². The standard InChI is InChI=1S/C20H24N2O4/c1-14-6-4-5-7-18(14)22-15(2)12-17(16(22)3)20(24)26-13-19(23)21-8-10-25-11-9-21/h4-7,12H,8-11,13H2,1-3H3. The highest BCUT2D eigenvalue weighted by Gasteiger charge is 2.22. The van der Waals surface area contributed by atoms with E-state index in [9.17, 15) is 9.59 Å². The fourth-order valence-electron chi connectivity index (χ4n) is 3.26. The summed E-state index contributed by atoms with van der Waals surface area (Å²) < 4.78 is 12.5. The highest BCUT2D eigenvalue weighted by Crippen LogP contribution is 2.23. The third kappa shape index (κ3) is 3.65. The van der Waals surface area contributed by atoms with Gasteiger partial charge in [-0.2, -0.15) is 0 Å². The SMILES string of the molecule is Cc1ccccc1-n1c(C)cc(C(=O)OCC(=O)N2CCOCC2)c1C. The zero-order valence-corrected chi connectivity index (χ0v) is 15.4. The number of carbonyl (C=O) groups is 2. The Balaban J connectivity index is 1.73. The van der Waals surface area contributed by atoms with Crippen LogP contribution in [0.3, 0.4) is 0 Å². The third-order valence-corrected chi connectivity index (χ3v) is 4.70. The molecule has 0 radical (unpaired) electrons. The van der Waals surface area contributed by atoms with E-state index < -0.39 is 5.97 Å². The van der Waals surface area contributed by atoms with Crippen LogP contribution in [0.25, 0.3) is 5.69 Å². The van der Waals surface area contributed by atoms with Gasteiger partial charge in [-0.1, -0.05) is 18.2 Å². The Morgan fingerprint density at radius 2 is 1.81 bits per heavy atom. The van der Waals surface area contributed by atoms with E-state index in [0.29, 0.717) is 31.9 Å². The van der Waals surface area contributed by atoms with E-state index in [2.05, 4.69) is 0 Å². The van der Waals surface area contributed by atoms with Crippen LogP contribution < -0.4 is 0 Å². The average Bonchev–Trinajstić information content (AvgIpc) is 2.95. The number of esters is 1. The van der Waals surface area contributed by atoms with Crippen molar-refractivity contribution in [2.75, 3.05) is 32.9 Å². The molecule has 2 aromatic rings. The minimum absolute atomic E-state index is 0.186. The van der Waals surface area contributed by atoms with Crippen LogP contribution >= 0.6 is 0 Å². The van der Waals surface area contributed by atoms with Crippen LogP contribution in [0.1, 0.15) is 27.3 Å². The maximum absolute atomic E-state index is 12.5. The number of rotatable bonds is 4. The maximum Gasteiger partial charge on any atom is 0.340 e. The van der Waals surface area contributed by atoms with Crippen molar-refractivity contribution in [2.45, 2.75) is 20.8 Å². The molecule has 0 aliphatic carbocycles. The predicted octanol–water partition coefficient (Wildman–Crippen LogP) is 2.42. The molecule has 3 rings (SSSR count). The van der Waals surface area contributed by atoms with E-state index >= 15 is 0 Å². The van der Waals surface area contributed by atoms with Crippen molar-refractivity contribution < 1.29 is 19.1 Å². The van der Waals surface area contributed by atoms with Gasteiger partial charge >= 0.3 is 5.97 Å². The normalized spacial score (nSPS) is 14.3. The van der Waals surface area contributed by atoms with Gasteiger partial charge in [0.25, 0.3) is 5.91 Å². The van der Waals surface area contributed by atoms with Crippen molar-refractivity contribution in [1.82, 2.24) is 9.47 Å². The number of hydrogen-bond donors (Lipinski definition) is 0. The highest BCUT2D eigenvalue weighted by atomic mass is 16.5. The van der Waals surface area contributed by atoms with Gasteiger partial charge < -0.3 is 18.9 Å². The molecule has 1 amide bonds. The number of ether oxygens (including phenoxy) is 2. The number of nitrogens with zero attached hydrogens (tertiary/aromatic N) is 2. The molecule has 1 aliphatic rings. The first-order valence-corrected chi connectivity index (χ1v) is 8.76. The summed E-state index contributed by atoms with van der Waals surface area (Å²) in [5.74, 6) is -0.658. The summed E-state index contributed by atoms with van der Waals surface area (Å²) in [6.07, 6.45) is 0. The topological polar surface area (TPSA) is 60.8 Å². The summed E-state index contributed by atoms with van der Waals surface area (Å²) >= 11 is 0. The quantitative estimate of drug-likeness (QED) is 0.790. The summed E-state index contributed by atoms with van der Waals surface area (Å²) in [6, 6.07) is 9.82. The predicted molar refractivity (Wildman–Crippen MR) is 97.7 cm³/mol. The number of aromatic nitrogens is 1. The second kappa shape index (κ2) is 7.74. The third-order valence-electron chi connectivity index (χ3n) is 4.70. The number of carbonyl (C=O) groups excluding carboxylic acids is 2. The summed E-state index contributed by atoms with van der Waals surface area (Å²) in [5.41, 5.74) is 4.40. The Bertz CT molecular complexity index is 819. The lowest BCUT2D eigenvalue weighted by molar-refractivity contribution is -0.138.